The Balaban J connectivity index is 1.43. The maximum absolute atomic E-state index is 12.1. The van der Waals surface area contributed by atoms with E-state index < -0.39 is 18.5 Å². The summed E-state index contributed by atoms with van der Waals surface area (Å²) in [4.78, 5) is 36.2. The van der Waals surface area contributed by atoms with Gasteiger partial charge in [-0.3, -0.25) is 14.4 Å². The molecule has 1 heterocycles. The zero-order chi connectivity index (χ0) is 20.6. The number of esters is 1. The summed E-state index contributed by atoms with van der Waals surface area (Å²) in [5, 5.41) is 2.45. The van der Waals surface area contributed by atoms with Gasteiger partial charge in [-0.25, -0.2) is 0 Å². The molecule has 0 saturated carbocycles. The molecule has 0 spiro atoms. The second-order valence-electron chi connectivity index (χ2n) is 5.81. The predicted molar refractivity (Wildman–Crippen MR) is 110 cm³/mol. The number of ketones is 1. The van der Waals surface area contributed by atoms with E-state index in [0.717, 1.165) is 11.3 Å². The van der Waals surface area contributed by atoms with Crippen LogP contribution in [0.3, 0.4) is 0 Å². The highest BCUT2D eigenvalue weighted by atomic mass is 35.5. The first kappa shape index (κ1) is 20.6. The van der Waals surface area contributed by atoms with Gasteiger partial charge in [0.15, 0.2) is 6.61 Å². The highest BCUT2D eigenvalue weighted by Gasteiger charge is 2.13. The number of halogens is 1. The molecule has 3 aromatic rings. The highest BCUT2D eigenvalue weighted by Crippen LogP contribution is 2.22. The van der Waals surface area contributed by atoms with Crippen LogP contribution in [0, 0.1) is 0 Å². The molecule has 1 aromatic heterocycles. The molecule has 1 amide bonds. The molecule has 0 bridgehead atoms. The lowest BCUT2D eigenvalue weighted by Crippen LogP contribution is -2.31. The van der Waals surface area contributed by atoms with Gasteiger partial charge < -0.3 is 14.8 Å². The number of carbonyl (C=O) groups is 3. The number of thiophene rings is 1. The van der Waals surface area contributed by atoms with Gasteiger partial charge in [0.05, 0.1) is 9.21 Å². The van der Waals surface area contributed by atoms with Crippen LogP contribution in [0.4, 0.5) is 0 Å². The molecule has 8 heteroatoms. The molecule has 0 unspecified atom stereocenters. The van der Waals surface area contributed by atoms with E-state index in [0.29, 0.717) is 26.3 Å². The van der Waals surface area contributed by atoms with Gasteiger partial charge in [-0.05, 0) is 48.5 Å². The fourth-order valence-corrected chi connectivity index (χ4v) is 3.25. The molecule has 3 rings (SSSR count). The van der Waals surface area contributed by atoms with Crippen LogP contribution in [0.15, 0.2) is 66.7 Å². The van der Waals surface area contributed by atoms with Crippen LogP contribution in [0.25, 0.3) is 0 Å². The van der Waals surface area contributed by atoms with Crippen LogP contribution in [0.2, 0.25) is 4.34 Å². The molecule has 0 saturated heterocycles. The van der Waals surface area contributed by atoms with Crippen molar-refractivity contribution in [3.63, 3.8) is 0 Å². The van der Waals surface area contributed by atoms with Gasteiger partial charge in [-0.1, -0.05) is 29.8 Å². The standard InChI is InChI=1S/C21H16ClNO5S/c22-19-11-10-18(29-19)17(24)13-27-20(25)12-23-21(26)14-6-8-16(9-7-14)28-15-4-2-1-3-5-15/h1-11H,12-13H2,(H,23,26). The van der Waals surface area contributed by atoms with Crippen LogP contribution >= 0.6 is 22.9 Å². The summed E-state index contributed by atoms with van der Waals surface area (Å²) in [5.74, 6) is -0.232. The maximum Gasteiger partial charge on any atom is 0.325 e. The van der Waals surface area contributed by atoms with Gasteiger partial charge in [-0.2, -0.15) is 0 Å². The van der Waals surface area contributed by atoms with Crippen LogP contribution in [0.5, 0.6) is 11.5 Å². The van der Waals surface area contributed by atoms with Crippen molar-refractivity contribution in [2.75, 3.05) is 13.2 Å². The Morgan fingerprint density at radius 2 is 1.59 bits per heavy atom. The summed E-state index contributed by atoms with van der Waals surface area (Å²) >= 11 is 6.87. The second-order valence-corrected chi connectivity index (χ2v) is 7.52. The zero-order valence-electron chi connectivity index (χ0n) is 15.1. The fraction of sp³-hybridized carbons (Fsp3) is 0.0952. The average molecular weight is 430 g/mol. The number of para-hydroxylation sites is 1. The van der Waals surface area contributed by atoms with Gasteiger partial charge in [0, 0.05) is 5.56 Å². The number of carbonyl (C=O) groups excluding carboxylic acids is 3. The minimum absolute atomic E-state index is 0.348. The minimum atomic E-state index is -0.710. The molecular weight excluding hydrogens is 414 g/mol. The molecule has 0 aliphatic carbocycles. The Hall–Kier alpha value is -3.16. The van der Waals surface area contributed by atoms with Crippen molar-refractivity contribution in [3.05, 3.63) is 81.5 Å². The maximum atomic E-state index is 12.1. The molecule has 0 atom stereocenters. The van der Waals surface area contributed by atoms with Crippen LogP contribution in [0.1, 0.15) is 20.0 Å². The molecule has 0 aliphatic heterocycles. The lowest BCUT2D eigenvalue weighted by molar-refractivity contribution is -0.141. The number of nitrogens with one attached hydrogen (secondary N) is 1. The molecule has 0 aliphatic rings. The molecular formula is C21H16ClNO5S. The monoisotopic (exact) mass is 429 g/mol. The van der Waals surface area contributed by atoms with E-state index in [1.807, 2.05) is 30.3 Å². The lowest BCUT2D eigenvalue weighted by atomic mass is 10.2. The van der Waals surface area contributed by atoms with E-state index in [1.165, 1.54) is 0 Å². The SMILES string of the molecule is O=C(CNC(=O)c1ccc(Oc2ccccc2)cc1)OCC(=O)c1ccc(Cl)s1. The quantitative estimate of drug-likeness (QED) is 0.425. The summed E-state index contributed by atoms with van der Waals surface area (Å²) in [5.41, 5.74) is 0.363. The van der Waals surface area contributed by atoms with E-state index in [-0.39, 0.29) is 12.3 Å². The third kappa shape index (κ3) is 6.17. The number of hydrogen-bond donors (Lipinski definition) is 1. The Morgan fingerprint density at radius 1 is 0.897 bits per heavy atom. The molecule has 1 N–H and O–H groups in total. The van der Waals surface area contributed by atoms with Gasteiger partial charge in [0.1, 0.15) is 18.0 Å². The zero-order valence-corrected chi connectivity index (χ0v) is 16.7. The topological polar surface area (TPSA) is 81.7 Å². The van der Waals surface area contributed by atoms with Gasteiger partial charge in [0.2, 0.25) is 5.78 Å². The summed E-state index contributed by atoms with van der Waals surface area (Å²) in [6.07, 6.45) is 0. The first-order chi connectivity index (χ1) is 14.0. The Morgan fingerprint density at radius 3 is 2.24 bits per heavy atom. The Bertz CT molecular complexity index is 1000. The van der Waals surface area contributed by atoms with Crippen molar-refractivity contribution in [2.24, 2.45) is 0 Å². The van der Waals surface area contributed by atoms with E-state index in [1.54, 1.807) is 36.4 Å². The molecule has 29 heavy (non-hydrogen) atoms. The lowest BCUT2D eigenvalue weighted by Gasteiger charge is -2.08. The van der Waals surface area contributed by atoms with E-state index >= 15 is 0 Å². The smallest absolute Gasteiger partial charge is 0.325 e. The first-order valence-corrected chi connectivity index (χ1v) is 9.76. The highest BCUT2D eigenvalue weighted by molar-refractivity contribution is 7.18. The van der Waals surface area contributed by atoms with Crippen molar-refractivity contribution in [2.45, 2.75) is 0 Å². The van der Waals surface area contributed by atoms with Gasteiger partial charge >= 0.3 is 5.97 Å². The van der Waals surface area contributed by atoms with Crippen molar-refractivity contribution < 1.29 is 23.9 Å². The normalized spacial score (nSPS) is 10.2. The van der Waals surface area contributed by atoms with Crippen LogP contribution in [-0.2, 0) is 9.53 Å². The van der Waals surface area contributed by atoms with Crippen molar-refractivity contribution in [1.82, 2.24) is 5.32 Å². The number of ether oxygens (including phenoxy) is 2. The summed E-state index contributed by atoms with van der Waals surface area (Å²) in [7, 11) is 0. The third-order valence-electron chi connectivity index (χ3n) is 3.70. The number of hydrogen-bond acceptors (Lipinski definition) is 6. The van der Waals surface area contributed by atoms with Crippen molar-refractivity contribution in [3.8, 4) is 11.5 Å². The number of amides is 1. The van der Waals surface area contributed by atoms with Crippen molar-refractivity contribution in [1.29, 1.82) is 0 Å². The van der Waals surface area contributed by atoms with Crippen LogP contribution < -0.4 is 10.1 Å². The molecule has 6 nitrogen and oxygen atoms in total. The van der Waals surface area contributed by atoms with E-state index in [2.05, 4.69) is 5.32 Å². The first-order valence-electron chi connectivity index (χ1n) is 8.56. The summed E-state index contributed by atoms with van der Waals surface area (Å²) in [6, 6.07) is 18.9. The number of benzene rings is 2. The Labute approximate surface area is 176 Å². The minimum Gasteiger partial charge on any atom is -0.457 e. The Kier molecular flexibility index (Phi) is 6.99. The molecule has 148 valence electrons. The van der Waals surface area contributed by atoms with Gasteiger partial charge in [0.25, 0.3) is 5.91 Å². The third-order valence-corrected chi connectivity index (χ3v) is 4.97. The summed E-state index contributed by atoms with van der Waals surface area (Å²) in [6.45, 7) is -0.753. The number of rotatable bonds is 8. The van der Waals surface area contributed by atoms with E-state index in [9.17, 15) is 14.4 Å². The predicted octanol–water partition coefficient (Wildman–Crippen LogP) is 4.35. The van der Waals surface area contributed by atoms with Gasteiger partial charge in [-0.15, -0.1) is 11.3 Å². The molecule has 2 aromatic carbocycles. The van der Waals surface area contributed by atoms with E-state index in [4.69, 9.17) is 21.1 Å². The van der Waals surface area contributed by atoms with Crippen LogP contribution in [-0.4, -0.2) is 30.8 Å². The molecule has 0 fully saturated rings. The second kappa shape index (κ2) is 9.86. The average Bonchev–Trinajstić information content (AvgIpc) is 3.18. The fourth-order valence-electron chi connectivity index (χ4n) is 2.29. The largest absolute Gasteiger partial charge is 0.457 e. The number of Topliss-reactive ketones (excluding diaryl/α,β-unsaturated/α-hetero) is 1. The molecule has 0 radical (unpaired) electrons. The van der Waals surface area contributed by atoms with Crippen molar-refractivity contribution >= 4 is 40.6 Å². The summed E-state index contributed by atoms with van der Waals surface area (Å²) < 4.78 is 11.0.